The number of rotatable bonds is 4. The van der Waals surface area contributed by atoms with Crippen LogP contribution in [0.2, 0.25) is 0 Å². The topological polar surface area (TPSA) is 52.0 Å². The Kier molecular flexibility index (Phi) is 4.13. The van der Waals surface area contributed by atoms with Crippen molar-refractivity contribution in [1.29, 1.82) is 0 Å². The van der Waals surface area contributed by atoms with Gasteiger partial charge in [0.2, 0.25) is 0 Å². The Morgan fingerprint density at radius 2 is 2.04 bits per heavy atom. The minimum absolute atomic E-state index is 0.0664. The van der Waals surface area contributed by atoms with E-state index >= 15 is 0 Å². The van der Waals surface area contributed by atoms with Crippen molar-refractivity contribution in [2.24, 2.45) is 0 Å². The summed E-state index contributed by atoms with van der Waals surface area (Å²) in [5.74, 6) is 0.0664. The number of aromatic nitrogens is 2. The van der Waals surface area contributed by atoms with E-state index in [4.69, 9.17) is 0 Å². The molecule has 0 unspecified atom stereocenters. The maximum absolute atomic E-state index is 12.8. The van der Waals surface area contributed by atoms with Crippen LogP contribution >= 0.6 is 11.3 Å². The number of nitrogens with zero attached hydrogens (tertiary/aromatic N) is 2. The molecule has 0 aliphatic carbocycles. The second kappa shape index (κ2) is 6.08. The van der Waals surface area contributed by atoms with Gasteiger partial charge in [-0.05, 0) is 37.5 Å². The van der Waals surface area contributed by atoms with Crippen LogP contribution in [0, 0.1) is 13.8 Å². The van der Waals surface area contributed by atoms with Gasteiger partial charge in [-0.1, -0.05) is 18.2 Å². The number of thiophene rings is 1. The second-order valence-electron chi connectivity index (χ2n) is 5.82. The fraction of sp³-hybridized carbons (Fsp3) is 0.278. The molecule has 23 heavy (non-hydrogen) atoms. The molecule has 0 N–H and O–H groups in total. The predicted molar refractivity (Wildman–Crippen MR) is 94.1 cm³/mol. The summed E-state index contributed by atoms with van der Waals surface area (Å²) in [6.07, 6.45) is 1.88. The van der Waals surface area contributed by atoms with Crippen molar-refractivity contribution in [3.63, 3.8) is 0 Å². The van der Waals surface area contributed by atoms with Gasteiger partial charge in [0.15, 0.2) is 0 Å². The zero-order valence-electron chi connectivity index (χ0n) is 13.4. The average molecular weight is 326 g/mol. The quantitative estimate of drug-likeness (QED) is 0.734. The molecule has 2 heterocycles. The summed E-state index contributed by atoms with van der Waals surface area (Å²) in [5.41, 5.74) is 4.30. The van der Waals surface area contributed by atoms with E-state index in [9.17, 15) is 9.59 Å². The van der Waals surface area contributed by atoms with Crippen molar-refractivity contribution in [3.8, 4) is 11.1 Å². The molecule has 0 amide bonds. The van der Waals surface area contributed by atoms with Gasteiger partial charge in [-0.15, -0.1) is 11.3 Å². The number of Topliss-reactive ketones (excluding diaryl/α,β-unsaturated/α-hetero) is 1. The summed E-state index contributed by atoms with van der Waals surface area (Å²) in [5, 5.41) is 2.63. The Morgan fingerprint density at radius 3 is 2.74 bits per heavy atom. The summed E-state index contributed by atoms with van der Waals surface area (Å²) in [6, 6.07) is 6.21. The van der Waals surface area contributed by atoms with Crippen LogP contribution in [0.3, 0.4) is 0 Å². The van der Waals surface area contributed by atoms with Crippen molar-refractivity contribution in [3.05, 3.63) is 51.4 Å². The molecule has 0 saturated carbocycles. The van der Waals surface area contributed by atoms with Gasteiger partial charge in [0.05, 0.1) is 11.7 Å². The van der Waals surface area contributed by atoms with Crippen LogP contribution in [0.25, 0.3) is 21.3 Å². The van der Waals surface area contributed by atoms with Gasteiger partial charge < -0.3 is 0 Å². The molecule has 0 radical (unpaired) electrons. The van der Waals surface area contributed by atoms with Gasteiger partial charge in [-0.2, -0.15) is 0 Å². The molecule has 0 fully saturated rings. The Labute approximate surface area is 138 Å². The maximum atomic E-state index is 12.8. The predicted octanol–water partition coefficient (Wildman–Crippen LogP) is 3.72. The summed E-state index contributed by atoms with van der Waals surface area (Å²) >= 11 is 1.47. The number of hydrogen-bond donors (Lipinski definition) is 0. The molecule has 0 bridgehead atoms. The minimum Gasteiger partial charge on any atom is -0.300 e. The molecule has 0 spiro atoms. The summed E-state index contributed by atoms with van der Waals surface area (Å²) in [6.45, 7) is 6.04. The van der Waals surface area contributed by atoms with Crippen molar-refractivity contribution >= 4 is 27.3 Å². The van der Waals surface area contributed by atoms with Gasteiger partial charge in [0.25, 0.3) is 5.56 Å². The van der Waals surface area contributed by atoms with Crippen LogP contribution in [-0.2, 0) is 11.3 Å². The lowest BCUT2D eigenvalue weighted by atomic mass is 10.0. The lowest BCUT2D eigenvalue weighted by Crippen LogP contribution is -2.21. The zero-order chi connectivity index (χ0) is 16.6. The first-order chi connectivity index (χ1) is 11.0. The van der Waals surface area contributed by atoms with Crippen LogP contribution in [0.1, 0.15) is 24.5 Å². The monoisotopic (exact) mass is 326 g/mol. The number of hydrogen-bond acceptors (Lipinski definition) is 4. The minimum atomic E-state index is -0.0780. The van der Waals surface area contributed by atoms with Gasteiger partial charge in [0.1, 0.15) is 10.6 Å². The van der Waals surface area contributed by atoms with E-state index in [0.29, 0.717) is 18.4 Å². The number of fused-ring (bicyclic) bond motifs is 1. The van der Waals surface area contributed by atoms with Crippen LogP contribution in [-0.4, -0.2) is 15.3 Å². The molecule has 4 nitrogen and oxygen atoms in total. The molecule has 0 saturated heterocycles. The highest BCUT2D eigenvalue weighted by atomic mass is 32.1. The van der Waals surface area contributed by atoms with E-state index in [1.165, 1.54) is 40.3 Å². The Bertz CT molecular complexity index is 953. The summed E-state index contributed by atoms with van der Waals surface area (Å²) in [4.78, 5) is 29.0. The molecule has 5 heteroatoms. The van der Waals surface area contributed by atoms with E-state index in [-0.39, 0.29) is 11.3 Å². The van der Waals surface area contributed by atoms with E-state index < -0.39 is 0 Å². The first-order valence-corrected chi connectivity index (χ1v) is 8.39. The van der Waals surface area contributed by atoms with Crippen molar-refractivity contribution in [2.75, 3.05) is 0 Å². The first-order valence-electron chi connectivity index (χ1n) is 7.51. The number of carbonyl (C=O) groups is 1. The molecular formula is C18H18N2O2S. The lowest BCUT2D eigenvalue weighted by molar-refractivity contribution is -0.117. The number of ketones is 1. The van der Waals surface area contributed by atoms with Gasteiger partial charge in [-0.25, -0.2) is 4.98 Å². The SMILES string of the molecule is CC(=O)CCn1cnc2scc(-c3ccc(C)c(C)c3)c2c1=O. The van der Waals surface area contributed by atoms with E-state index in [0.717, 1.165) is 16.0 Å². The van der Waals surface area contributed by atoms with E-state index in [1.807, 2.05) is 11.4 Å². The largest absolute Gasteiger partial charge is 0.300 e. The van der Waals surface area contributed by atoms with Gasteiger partial charge >= 0.3 is 0 Å². The van der Waals surface area contributed by atoms with Crippen LogP contribution < -0.4 is 5.56 Å². The molecule has 3 rings (SSSR count). The second-order valence-corrected chi connectivity index (χ2v) is 6.68. The number of aryl methyl sites for hydroxylation is 3. The fourth-order valence-corrected chi connectivity index (χ4v) is 3.43. The van der Waals surface area contributed by atoms with Crippen molar-refractivity contribution < 1.29 is 4.79 Å². The van der Waals surface area contributed by atoms with E-state index in [2.05, 4.69) is 31.0 Å². The van der Waals surface area contributed by atoms with Gasteiger partial charge in [-0.3, -0.25) is 14.2 Å². The maximum Gasteiger partial charge on any atom is 0.262 e. The smallest absolute Gasteiger partial charge is 0.262 e. The molecule has 0 atom stereocenters. The third-order valence-electron chi connectivity index (χ3n) is 4.08. The molecule has 3 aromatic rings. The summed E-state index contributed by atoms with van der Waals surface area (Å²) < 4.78 is 1.53. The third kappa shape index (κ3) is 2.97. The van der Waals surface area contributed by atoms with Crippen molar-refractivity contribution in [2.45, 2.75) is 33.7 Å². The van der Waals surface area contributed by atoms with Crippen LogP contribution in [0.5, 0.6) is 0 Å². The number of benzene rings is 1. The Balaban J connectivity index is 2.14. The van der Waals surface area contributed by atoms with E-state index in [1.54, 1.807) is 0 Å². The average Bonchev–Trinajstić information content (AvgIpc) is 2.94. The Morgan fingerprint density at radius 1 is 1.26 bits per heavy atom. The first kappa shape index (κ1) is 15.6. The molecule has 0 aliphatic heterocycles. The lowest BCUT2D eigenvalue weighted by Gasteiger charge is -2.06. The highest BCUT2D eigenvalue weighted by Crippen LogP contribution is 2.31. The Hall–Kier alpha value is -2.27. The molecule has 1 aromatic carbocycles. The highest BCUT2D eigenvalue weighted by Gasteiger charge is 2.13. The summed E-state index contributed by atoms with van der Waals surface area (Å²) in [7, 11) is 0. The molecular weight excluding hydrogens is 308 g/mol. The van der Waals surface area contributed by atoms with Gasteiger partial charge in [0, 0.05) is 23.9 Å². The van der Waals surface area contributed by atoms with Crippen molar-refractivity contribution in [1.82, 2.24) is 9.55 Å². The molecule has 2 aromatic heterocycles. The fourth-order valence-electron chi connectivity index (χ4n) is 2.53. The molecule has 118 valence electrons. The third-order valence-corrected chi connectivity index (χ3v) is 4.97. The number of carbonyl (C=O) groups excluding carboxylic acids is 1. The van der Waals surface area contributed by atoms with Crippen LogP contribution in [0.4, 0.5) is 0 Å². The normalized spacial score (nSPS) is 11.1. The molecule has 0 aliphatic rings. The van der Waals surface area contributed by atoms with Crippen LogP contribution in [0.15, 0.2) is 34.7 Å². The zero-order valence-corrected chi connectivity index (χ0v) is 14.2. The highest BCUT2D eigenvalue weighted by molar-refractivity contribution is 7.17. The standard InChI is InChI=1S/C18H18N2O2S/c1-11-4-5-14(8-12(11)2)15-9-23-17-16(15)18(22)20(10-19-17)7-6-13(3)21/h4-5,8-10H,6-7H2,1-3H3.